The van der Waals surface area contributed by atoms with Crippen LogP contribution in [-0.2, 0) is 0 Å². The lowest BCUT2D eigenvalue weighted by atomic mass is 9.87. The Morgan fingerprint density at radius 2 is 0.833 bits per heavy atom. The molecule has 0 spiro atoms. The van der Waals surface area contributed by atoms with Gasteiger partial charge in [0.1, 0.15) is 0 Å². The second-order valence-electron chi connectivity index (χ2n) is 32.0. The number of para-hydroxylation sites is 7. The Kier molecular flexibility index (Phi) is 20.6. The van der Waals surface area contributed by atoms with Crippen molar-refractivity contribution >= 4 is 140 Å². The molecule has 6 nitrogen and oxygen atoms in total. The Morgan fingerprint density at radius 1 is 0.317 bits per heavy atom. The van der Waals surface area contributed by atoms with Gasteiger partial charge in [0.2, 0.25) is 0 Å². The average Bonchev–Trinajstić information content (AvgIpc) is 1.49. The predicted octanol–water partition coefficient (Wildman–Crippen LogP) is 32.8. The van der Waals surface area contributed by atoms with Crippen molar-refractivity contribution in [2.75, 3.05) is 19.6 Å². The third-order valence-electron chi connectivity index (χ3n) is 24.6. The zero-order valence-corrected chi connectivity index (χ0v) is 69.7. The van der Waals surface area contributed by atoms with Gasteiger partial charge in [-0.25, -0.2) is 0 Å². The van der Waals surface area contributed by atoms with Gasteiger partial charge in [-0.3, -0.25) is 0 Å². The Bertz CT molecular complexity index is 7610. The fraction of sp³-hybridized carbons (Fsp3) is 0.0167. The molecule has 0 radical (unpaired) electrons. The normalized spacial score (nSPS) is 12.4. The standard InChI is InChI=1S/C62H41N3.C58H47N3/c1-3-14-42(15-4-1)44-26-31-48(32-27-44)63(51-36-39-60-57(41-51)54-21-10-12-24-59(54)65(60)50-35-28-43-16-7-8-17-46(43)40-50)49-33-29-45(30-34-49)52-37-38-56-53-20-9-11-23-58(53)64(47-18-5-2-6-19-47)61-25-13-22-55(52)62(56)61;1-4-6-21-43(3)59-55-33-16-13-29-51(55)50(52-30-14-17-34-56(52)59)32-20-25-45-36-38-48(39-37-45)60(46(5-2)28-19-24-44-22-9-7-10-23-44)49-40-41-54-53-31-15-18-35-57(53)61(58(54)42-49)47-26-11-8-12-27-47/h1-41H;4-27,29-42,46H,1-3,28H2/b;21-6-,24-19+,25-20+. The van der Waals surface area contributed by atoms with Gasteiger partial charge in [0, 0.05) is 94.8 Å². The summed E-state index contributed by atoms with van der Waals surface area (Å²) in [4.78, 5) is 9.45. The van der Waals surface area contributed by atoms with Crippen LogP contribution in [0, 0.1) is 0 Å². The van der Waals surface area contributed by atoms with Gasteiger partial charge in [0.15, 0.2) is 0 Å². The number of hydrogen-bond donors (Lipinski definition) is 0. The van der Waals surface area contributed by atoms with Crippen molar-refractivity contribution in [2.24, 2.45) is 0 Å². The number of hydrogen-bond acceptors (Lipinski definition) is 4. The van der Waals surface area contributed by atoms with Crippen LogP contribution in [0.15, 0.2) is 493 Å². The highest BCUT2D eigenvalue weighted by Gasteiger charge is 2.30. The summed E-state index contributed by atoms with van der Waals surface area (Å²) < 4.78 is 4.79. The molecule has 0 saturated carbocycles. The summed E-state index contributed by atoms with van der Waals surface area (Å²) in [5.41, 5.74) is 32.2. The third kappa shape index (κ3) is 14.3. The van der Waals surface area contributed by atoms with Crippen LogP contribution in [0.25, 0.3) is 128 Å². The van der Waals surface area contributed by atoms with Crippen molar-refractivity contribution in [3.63, 3.8) is 0 Å². The van der Waals surface area contributed by atoms with Crippen LogP contribution in [0.5, 0.6) is 0 Å². The van der Waals surface area contributed by atoms with E-state index in [1.807, 2.05) is 12.2 Å². The maximum absolute atomic E-state index is 4.41. The van der Waals surface area contributed by atoms with Crippen molar-refractivity contribution in [1.29, 1.82) is 0 Å². The van der Waals surface area contributed by atoms with E-state index in [-0.39, 0.29) is 6.04 Å². The van der Waals surface area contributed by atoms with Crippen LogP contribution in [0.2, 0.25) is 0 Å². The highest BCUT2D eigenvalue weighted by molar-refractivity contribution is 6.18. The molecule has 20 aromatic rings. The zero-order valence-electron chi connectivity index (χ0n) is 69.7. The molecule has 598 valence electrons. The molecule has 0 bridgehead atoms. The summed E-state index contributed by atoms with van der Waals surface area (Å²) in [6.07, 6.45) is 19.6. The van der Waals surface area contributed by atoms with Crippen LogP contribution < -0.4 is 19.6 Å². The molecule has 1 atom stereocenters. The molecule has 6 heteroatoms. The van der Waals surface area contributed by atoms with Crippen LogP contribution in [0.3, 0.4) is 0 Å². The molecular weight excluding hydrogens is 1530 g/mol. The molecule has 1 unspecified atom stereocenters. The van der Waals surface area contributed by atoms with Gasteiger partial charge in [0.05, 0.1) is 50.9 Å². The lowest BCUT2D eigenvalue weighted by Gasteiger charge is -2.35. The average molecular weight is 1610 g/mol. The summed E-state index contributed by atoms with van der Waals surface area (Å²) in [5, 5.41) is 9.88. The molecule has 0 fully saturated rings. The zero-order chi connectivity index (χ0) is 84.4. The monoisotopic (exact) mass is 1610 g/mol. The SMILES string of the molecule is C=C/C=C\C(=C)N1c2ccccc2C(=C/C=C/c2ccc(N(c3ccc4c5ccccc5n(-c5ccccc5)c4c3)C(C=C)C/C=C/c3ccccc3)cc2)c2ccccc21.c1ccc(-c2ccc(N(c3ccc(-c4ccc5c6c(cccc46)N(c4ccccc4)c4ccccc4-5)cc3)c3ccc4c(c3)c3ccccc3n4-c3ccc4ccccc4c3)cc2)cc1. The summed E-state index contributed by atoms with van der Waals surface area (Å²) in [6, 6.07) is 153. The topological polar surface area (TPSA) is 22.8 Å². The number of rotatable bonds is 20. The molecule has 2 aromatic heterocycles. The lowest BCUT2D eigenvalue weighted by Crippen LogP contribution is -2.28. The Hall–Kier alpha value is -16.5. The Morgan fingerprint density at radius 3 is 1.52 bits per heavy atom. The van der Waals surface area contributed by atoms with Gasteiger partial charge in [-0.05, 0) is 213 Å². The molecule has 18 aromatic carbocycles. The van der Waals surface area contributed by atoms with Crippen LogP contribution in [0.1, 0.15) is 28.7 Å². The van der Waals surface area contributed by atoms with Crippen molar-refractivity contribution in [3.05, 3.63) is 515 Å². The highest BCUT2D eigenvalue weighted by Crippen LogP contribution is 2.54. The Labute approximate surface area is 735 Å². The molecular formula is C120H88N6. The van der Waals surface area contributed by atoms with E-state index >= 15 is 0 Å². The number of allylic oxidation sites excluding steroid dienone is 5. The van der Waals surface area contributed by atoms with Gasteiger partial charge in [0.25, 0.3) is 0 Å². The molecule has 126 heavy (non-hydrogen) atoms. The van der Waals surface area contributed by atoms with Crippen molar-refractivity contribution in [3.8, 4) is 44.8 Å². The van der Waals surface area contributed by atoms with Gasteiger partial charge < -0.3 is 28.7 Å². The van der Waals surface area contributed by atoms with Gasteiger partial charge in [-0.15, -0.1) is 6.58 Å². The van der Waals surface area contributed by atoms with Crippen LogP contribution in [-0.4, -0.2) is 15.2 Å². The van der Waals surface area contributed by atoms with E-state index in [2.05, 4.69) is 510 Å². The molecule has 0 aliphatic carbocycles. The number of fused-ring (bicyclic) bond motifs is 11. The third-order valence-corrected chi connectivity index (χ3v) is 24.6. The van der Waals surface area contributed by atoms with Gasteiger partial charge in [-0.1, -0.05) is 347 Å². The fourth-order valence-electron chi connectivity index (χ4n) is 18.8. The first-order valence-corrected chi connectivity index (χ1v) is 43.1. The van der Waals surface area contributed by atoms with Crippen LogP contribution >= 0.6 is 0 Å². The molecule has 2 aliphatic heterocycles. The first-order chi connectivity index (χ1) is 62.4. The molecule has 0 saturated heterocycles. The van der Waals surface area contributed by atoms with E-state index < -0.39 is 0 Å². The second-order valence-corrected chi connectivity index (χ2v) is 32.0. The minimum absolute atomic E-state index is 0.00700. The lowest BCUT2D eigenvalue weighted by molar-refractivity contribution is 0.796. The minimum atomic E-state index is -0.00700. The van der Waals surface area contributed by atoms with Crippen LogP contribution in [0.4, 0.5) is 56.9 Å². The van der Waals surface area contributed by atoms with Crippen molar-refractivity contribution in [1.82, 2.24) is 9.13 Å². The molecule has 0 N–H and O–H groups in total. The van der Waals surface area contributed by atoms with E-state index in [9.17, 15) is 0 Å². The fourth-order valence-corrected chi connectivity index (χ4v) is 18.8. The van der Waals surface area contributed by atoms with Gasteiger partial charge >= 0.3 is 0 Å². The summed E-state index contributed by atoms with van der Waals surface area (Å²) in [7, 11) is 0. The largest absolute Gasteiger partial charge is 0.334 e. The maximum Gasteiger partial charge on any atom is 0.0561 e. The highest BCUT2D eigenvalue weighted by atomic mass is 15.2. The molecule has 2 aliphatic rings. The molecule has 4 heterocycles. The summed E-state index contributed by atoms with van der Waals surface area (Å²) in [6.45, 7) is 12.6. The van der Waals surface area contributed by atoms with Crippen molar-refractivity contribution < 1.29 is 0 Å². The minimum Gasteiger partial charge on any atom is -0.334 e. The molecule has 0 amide bonds. The number of aromatic nitrogens is 2. The Balaban J connectivity index is 0.000000154. The van der Waals surface area contributed by atoms with Crippen molar-refractivity contribution in [2.45, 2.75) is 12.5 Å². The van der Waals surface area contributed by atoms with E-state index in [0.29, 0.717) is 0 Å². The smallest absolute Gasteiger partial charge is 0.0561 e. The van der Waals surface area contributed by atoms with E-state index in [4.69, 9.17) is 0 Å². The van der Waals surface area contributed by atoms with E-state index in [1.165, 1.54) is 116 Å². The second kappa shape index (κ2) is 33.8. The maximum atomic E-state index is 4.41. The number of anilines is 10. The van der Waals surface area contributed by atoms with E-state index in [0.717, 1.165) is 91.2 Å². The number of nitrogens with zero attached hydrogens (tertiary/aromatic N) is 6. The number of benzene rings is 18. The first kappa shape index (κ1) is 76.8. The predicted molar refractivity (Wildman–Crippen MR) is 538 cm³/mol. The van der Waals surface area contributed by atoms with E-state index in [1.54, 1.807) is 6.08 Å². The molecule has 22 rings (SSSR count). The quantitative estimate of drug-likeness (QED) is 0.0560. The first-order valence-electron chi connectivity index (χ1n) is 43.1. The summed E-state index contributed by atoms with van der Waals surface area (Å²) in [5.74, 6) is 0. The summed E-state index contributed by atoms with van der Waals surface area (Å²) >= 11 is 0. The van der Waals surface area contributed by atoms with Gasteiger partial charge in [-0.2, -0.15) is 0 Å².